The van der Waals surface area contributed by atoms with Gasteiger partial charge in [0.05, 0.1) is 0 Å². The van der Waals surface area contributed by atoms with Crippen molar-refractivity contribution in [2.45, 2.75) is 32.2 Å². The van der Waals surface area contributed by atoms with Gasteiger partial charge in [0.2, 0.25) is 0 Å². The third-order valence-corrected chi connectivity index (χ3v) is 4.57. The van der Waals surface area contributed by atoms with Crippen LogP contribution in [-0.4, -0.2) is 24.2 Å². The maximum Gasteiger partial charge on any atom is 0.0230 e. The van der Waals surface area contributed by atoms with E-state index in [0.717, 1.165) is 12.3 Å². The van der Waals surface area contributed by atoms with Crippen LogP contribution < -0.4 is 0 Å². The fraction of sp³-hybridized carbons (Fsp3) is 0.600. The van der Waals surface area contributed by atoms with E-state index in [9.17, 15) is 0 Å². The quantitative estimate of drug-likeness (QED) is 0.780. The molecule has 0 unspecified atom stereocenters. The van der Waals surface area contributed by atoms with Crippen LogP contribution >= 0.6 is 12.6 Å². The molecule has 0 spiro atoms. The Morgan fingerprint density at radius 1 is 1.18 bits per heavy atom. The Morgan fingerprint density at radius 3 is 2.41 bits per heavy atom. The second-order valence-corrected chi connectivity index (χ2v) is 5.84. The van der Waals surface area contributed by atoms with E-state index in [0.29, 0.717) is 5.41 Å². The largest absolute Gasteiger partial charge is 0.302 e. The van der Waals surface area contributed by atoms with Gasteiger partial charge in [-0.2, -0.15) is 12.6 Å². The van der Waals surface area contributed by atoms with Crippen molar-refractivity contribution in [3.63, 3.8) is 0 Å². The summed E-state index contributed by atoms with van der Waals surface area (Å²) in [6, 6.07) is 10.7. The summed E-state index contributed by atoms with van der Waals surface area (Å²) in [4.78, 5) is 2.46. The predicted molar refractivity (Wildman–Crippen MR) is 77.5 cm³/mol. The van der Waals surface area contributed by atoms with Crippen LogP contribution in [0.3, 0.4) is 0 Å². The van der Waals surface area contributed by atoms with Gasteiger partial charge in [-0.3, -0.25) is 0 Å². The second kappa shape index (κ2) is 5.92. The highest BCUT2D eigenvalue weighted by Gasteiger charge is 2.33. The van der Waals surface area contributed by atoms with Crippen molar-refractivity contribution in [3.05, 3.63) is 35.9 Å². The summed E-state index contributed by atoms with van der Waals surface area (Å²) in [6.07, 6.45) is 5.49. The van der Waals surface area contributed by atoms with E-state index < -0.39 is 0 Å². The molecule has 1 saturated carbocycles. The summed E-state index contributed by atoms with van der Waals surface area (Å²) >= 11 is 4.58. The Hall–Kier alpha value is -0.470. The zero-order chi connectivity index (χ0) is 12.1. The number of hydrogen-bond acceptors (Lipinski definition) is 2. The van der Waals surface area contributed by atoms with Crippen LogP contribution in [0.1, 0.15) is 31.2 Å². The fourth-order valence-electron chi connectivity index (χ4n) is 3.01. The van der Waals surface area contributed by atoms with Gasteiger partial charge in [-0.25, -0.2) is 0 Å². The Bertz CT molecular complexity index is 330. The highest BCUT2D eigenvalue weighted by molar-refractivity contribution is 7.80. The second-order valence-electron chi connectivity index (χ2n) is 5.52. The number of thiol groups is 1. The van der Waals surface area contributed by atoms with Crippen LogP contribution in [-0.2, 0) is 6.54 Å². The molecule has 0 saturated heterocycles. The lowest BCUT2D eigenvalue weighted by molar-refractivity contribution is 0.196. The number of benzene rings is 1. The smallest absolute Gasteiger partial charge is 0.0230 e. The van der Waals surface area contributed by atoms with Crippen molar-refractivity contribution in [1.82, 2.24) is 4.90 Å². The number of hydrogen-bond donors (Lipinski definition) is 1. The molecule has 0 aromatic heterocycles. The maximum atomic E-state index is 4.58. The van der Waals surface area contributed by atoms with Gasteiger partial charge in [-0.1, -0.05) is 43.2 Å². The predicted octanol–water partition coefficient (Wildman–Crippen LogP) is 3.61. The first kappa shape index (κ1) is 13.0. The Morgan fingerprint density at radius 2 is 1.82 bits per heavy atom. The van der Waals surface area contributed by atoms with Crippen LogP contribution in [0.2, 0.25) is 0 Å². The minimum absolute atomic E-state index is 0.479. The van der Waals surface area contributed by atoms with E-state index in [1.807, 2.05) is 0 Å². The average Bonchev–Trinajstić information content (AvgIpc) is 2.79. The maximum absolute atomic E-state index is 4.58. The molecule has 94 valence electrons. The van der Waals surface area contributed by atoms with Crippen molar-refractivity contribution >= 4 is 12.6 Å². The van der Waals surface area contributed by atoms with Crippen LogP contribution in [0.4, 0.5) is 0 Å². The Labute approximate surface area is 111 Å². The van der Waals surface area contributed by atoms with Gasteiger partial charge in [-0.05, 0) is 36.6 Å². The topological polar surface area (TPSA) is 3.24 Å². The first-order valence-electron chi connectivity index (χ1n) is 6.57. The minimum Gasteiger partial charge on any atom is -0.302 e. The first-order chi connectivity index (χ1) is 8.24. The SMILES string of the molecule is CN(Cc1ccccc1)CC1(CS)CCCC1. The van der Waals surface area contributed by atoms with Crippen LogP contribution in [0.15, 0.2) is 30.3 Å². The number of nitrogens with zero attached hydrogens (tertiary/aromatic N) is 1. The van der Waals surface area contributed by atoms with Gasteiger partial charge in [0.1, 0.15) is 0 Å². The highest BCUT2D eigenvalue weighted by atomic mass is 32.1. The summed E-state index contributed by atoms with van der Waals surface area (Å²) in [5, 5.41) is 0. The molecule has 1 nitrogen and oxygen atoms in total. The van der Waals surface area contributed by atoms with Crippen LogP contribution in [0.5, 0.6) is 0 Å². The zero-order valence-electron chi connectivity index (χ0n) is 10.7. The molecule has 2 rings (SSSR count). The molecular formula is C15H23NS. The molecular weight excluding hydrogens is 226 g/mol. The van der Waals surface area contributed by atoms with Gasteiger partial charge in [0.15, 0.2) is 0 Å². The van der Waals surface area contributed by atoms with Crippen molar-refractivity contribution in [2.24, 2.45) is 5.41 Å². The molecule has 0 N–H and O–H groups in total. The molecule has 2 heteroatoms. The molecule has 0 radical (unpaired) electrons. The lowest BCUT2D eigenvalue weighted by atomic mass is 9.88. The molecule has 0 aliphatic heterocycles. The monoisotopic (exact) mass is 249 g/mol. The fourth-order valence-corrected chi connectivity index (χ4v) is 3.43. The van der Waals surface area contributed by atoms with Crippen molar-refractivity contribution in [3.8, 4) is 0 Å². The Balaban J connectivity index is 1.90. The summed E-state index contributed by atoms with van der Waals surface area (Å²) in [6.45, 7) is 2.24. The van der Waals surface area contributed by atoms with E-state index >= 15 is 0 Å². The molecule has 1 aliphatic rings. The zero-order valence-corrected chi connectivity index (χ0v) is 11.6. The van der Waals surface area contributed by atoms with E-state index in [2.05, 4.69) is 54.9 Å². The lowest BCUT2D eigenvalue weighted by Crippen LogP contribution is -2.34. The van der Waals surface area contributed by atoms with Crippen LogP contribution in [0.25, 0.3) is 0 Å². The van der Waals surface area contributed by atoms with E-state index in [4.69, 9.17) is 0 Å². The molecule has 1 fully saturated rings. The summed E-state index contributed by atoms with van der Waals surface area (Å²) < 4.78 is 0. The molecule has 17 heavy (non-hydrogen) atoms. The molecule has 0 atom stereocenters. The van der Waals surface area contributed by atoms with Crippen molar-refractivity contribution in [1.29, 1.82) is 0 Å². The van der Waals surface area contributed by atoms with Gasteiger partial charge >= 0.3 is 0 Å². The van der Waals surface area contributed by atoms with Crippen LogP contribution in [0, 0.1) is 5.41 Å². The molecule has 1 aromatic carbocycles. The van der Waals surface area contributed by atoms with Crippen molar-refractivity contribution < 1.29 is 0 Å². The molecule has 0 heterocycles. The molecule has 0 amide bonds. The minimum atomic E-state index is 0.479. The van der Waals surface area contributed by atoms with Gasteiger partial charge < -0.3 is 4.90 Å². The Kier molecular flexibility index (Phi) is 4.52. The van der Waals surface area contributed by atoms with Gasteiger partial charge in [-0.15, -0.1) is 0 Å². The third-order valence-electron chi connectivity index (χ3n) is 3.90. The molecule has 0 bridgehead atoms. The number of rotatable bonds is 5. The van der Waals surface area contributed by atoms with E-state index in [1.165, 1.54) is 37.8 Å². The summed E-state index contributed by atoms with van der Waals surface area (Å²) in [5.41, 5.74) is 1.88. The average molecular weight is 249 g/mol. The third kappa shape index (κ3) is 3.49. The van der Waals surface area contributed by atoms with E-state index in [1.54, 1.807) is 0 Å². The van der Waals surface area contributed by atoms with Gasteiger partial charge in [0, 0.05) is 13.1 Å². The molecule has 1 aromatic rings. The molecule has 1 aliphatic carbocycles. The summed E-state index contributed by atoms with van der Waals surface area (Å²) in [5.74, 6) is 1.03. The highest BCUT2D eigenvalue weighted by Crippen LogP contribution is 2.39. The normalized spacial score (nSPS) is 18.8. The first-order valence-corrected chi connectivity index (χ1v) is 7.21. The summed E-state index contributed by atoms with van der Waals surface area (Å²) in [7, 11) is 2.23. The standard InChI is InChI=1S/C15H23NS/c1-16(11-14-7-3-2-4-8-14)12-15(13-17)9-5-6-10-15/h2-4,7-8,17H,5-6,9-13H2,1H3. The van der Waals surface area contributed by atoms with Crippen molar-refractivity contribution in [2.75, 3.05) is 19.3 Å². The van der Waals surface area contributed by atoms with Gasteiger partial charge in [0.25, 0.3) is 0 Å². The van der Waals surface area contributed by atoms with E-state index in [-0.39, 0.29) is 0 Å². The lowest BCUT2D eigenvalue weighted by Gasteiger charge is -2.32.